The highest BCUT2D eigenvalue weighted by Gasteiger charge is 2.17. The van der Waals surface area contributed by atoms with Crippen LogP contribution in [0.5, 0.6) is 5.75 Å². The molecule has 0 aromatic heterocycles. The monoisotopic (exact) mass is 385 g/mol. The summed E-state index contributed by atoms with van der Waals surface area (Å²) in [5, 5.41) is 15.2. The molecule has 0 bridgehead atoms. The highest BCUT2D eigenvalue weighted by molar-refractivity contribution is 7.98. The van der Waals surface area contributed by atoms with E-state index in [1.165, 1.54) is 5.56 Å². The number of fused-ring (bicyclic) bond motifs is 1. The van der Waals surface area contributed by atoms with Gasteiger partial charge in [-0.1, -0.05) is 72.8 Å². The maximum absolute atomic E-state index is 12.8. The largest absolute Gasteiger partial charge is 0.506 e. The van der Waals surface area contributed by atoms with Crippen molar-refractivity contribution >= 4 is 34.1 Å². The highest BCUT2D eigenvalue weighted by atomic mass is 32.2. The number of benzene rings is 4. The molecule has 0 aliphatic heterocycles. The van der Waals surface area contributed by atoms with Crippen LogP contribution in [0.3, 0.4) is 0 Å². The third kappa shape index (κ3) is 3.87. The molecule has 0 spiro atoms. The molecule has 28 heavy (non-hydrogen) atoms. The predicted molar refractivity (Wildman–Crippen MR) is 116 cm³/mol. The zero-order valence-electron chi connectivity index (χ0n) is 15.1. The molecule has 2 N–H and O–H groups in total. The Morgan fingerprint density at radius 3 is 2.14 bits per heavy atom. The van der Waals surface area contributed by atoms with Crippen molar-refractivity contribution in [2.45, 2.75) is 10.6 Å². The number of hydrogen-bond acceptors (Lipinski definition) is 3. The van der Waals surface area contributed by atoms with Crippen LogP contribution in [0, 0.1) is 0 Å². The van der Waals surface area contributed by atoms with Crippen molar-refractivity contribution in [3.05, 3.63) is 102 Å². The van der Waals surface area contributed by atoms with Gasteiger partial charge in [-0.15, -0.1) is 11.8 Å². The molecule has 0 aliphatic rings. The van der Waals surface area contributed by atoms with Gasteiger partial charge in [0.1, 0.15) is 5.75 Å². The summed E-state index contributed by atoms with van der Waals surface area (Å²) in [5.74, 6) is 0.471. The summed E-state index contributed by atoms with van der Waals surface area (Å²) < 4.78 is 0. The molecule has 4 rings (SSSR count). The molecule has 4 heteroatoms. The van der Waals surface area contributed by atoms with Gasteiger partial charge in [-0.3, -0.25) is 4.79 Å². The SMILES string of the molecule is O=C(Nc1ccccc1)c1cc(SCc2ccccc2)c2ccccc2c1O. The third-order valence-corrected chi connectivity index (χ3v) is 5.62. The first-order valence-electron chi connectivity index (χ1n) is 9.00. The van der Waals surface area contributed by atoms with Crippen LogP contribution < -0.4 is 5.32 Å². The van der Waals surface area contributed by atoms with E-state index in [0.29, 0.717) is 11.1 Å². The lowest BCUT2D eigenvalue weighted by Gasteiger charge is -2.13. The Morgan fingerprint density at radius 1 is 0.821 bits per heavy atom. The van der Waals surface area contributed by atoms with Crippen molar-refractivity contribution in [2.24, 2.45) is 0 Å². The van der Waals surface area contributed by atoms with Crippen LogP contribution >= 0.6 is 11.8 Å². The van der Waals surface area contributed by atoms with E-state index in [9.17, 15) is 9.90 Å². The Bertz CT molecular complexity index is 1110. The maximum atomic E-state index is 12.8. The van der Waals surface area contributed by atoms with Gasteiger partial charge in [0, 0.05) is 21.7 Å². The lowest BCUT2D eigenvalue weighted by Crippen LogP contribution is -2.12. The molecule has 0 radical (unpaired) electrons. The summed E-state index contributed by atoms with van der Waals surface area (Å²) in [6.45, 7) is 0. The lowest BCUT2D eigenvalue weighted by atomic mass is 10.0. The molecule has 0 atom stereocenters. The van der Waals surface area contributed by atoms with Crippen molar-refractivity contribution in [3.8, 4) is 5.75 Å². The van der Waals surface area contributed by atoms with Gasteiger partial charge in [0.15, 0.2) is 0 Å². The summed E-state index contributed by atoms with van der Waals surface area (Å²) >= 11 is 1.66. The molecule has 138 valence electrons. The molecule has 4 aromatic rings. The molecule has 0 saturated heterocycles. The van der Waals surface area contributed by atoms with Crippen molar-refractivity contribution in [2.75, 3.05) is 5.32 Å². The first-order chi connectivity index (χ1) is 13.7. The molecular formula is C24H19NO2S. The fourth-order valence-electron chi connectivity index (χ4n) is 3.07. The Labute approximate surface area is 168 Å². The van der Waals surface area contributed by atoms with Crippen LogP contribution in [0.2, 0.25) is 0 Å². The molecule has 0 saturated carbocycles. The second-order valence-corrected chi connectivity index (χ2v) is 7.43. The van der Waals surface area contributed by atoms with E-state index in [0.717, 1.165) is 16.0 Å². The quantitative estimate of drug-likeness (QED) is 0.409. The van der Waals surface area contributed by atoms with Gasteiger partial charge >= 0.3 is 0 Å². The van der Waals surface area contributed by atoms with Gasteiger partial charge in [0.2, 0.25) is 0 Å². The number of phenolic OH excluding ortho intramolecular Hbond substituents is 1. The number of thioether (sulfide) groups is 1. The van der Waals surface area contributed by atoms with Crippen molar-refractivity contribution in [3.63, 3.8) is 0 Å². The average Bonchev–Trinajstić information content (AvgIpc) is 2.75. The summed E-state index contributed by atoms with van der Waals surface area (Å²) in [7, 11) is 0. The Balaban J connectivity index is 1.70. The smallest absolute Gasteiger partial charge is 0.259 e. The third-order valence-electron chi connectivity index (χ3n) is 4.49. The van der Waals surface area contributed by atoms with E-state index in [1.54, 1.807) is 17.8 Å². The number of aromatic hydroxyl groups is 1. The average molecular weight is 385 g/mol. The summed E-state index contributed by atoms with van der Waals surface area (Å²) in [4.78, 5) is 13.8. The van der Waals surface area contributed by atoms with Gasteiger partial charge < -0.3 is 10.4 Å². The van der Waals surface area contributed by atoms with E-state index in [2.05, 4.69) is 17.4 Å². The number of amides is 1. The first kappa shape index (κ1) is 18.1. The molecule has 4 aromatic carbocycles. The van der Waals surface area contributed by atoms with Gasteiger partial charge in [-0.2, -0.15) is 0 Å². The summed E-state index contributed by atoms with van der Waals surface area (Å²) in [6, 6.07) is 28.9. The minimum absolute atomic E-state index is 0.00749. The summed E-state index contributed by atoms with van der Waals surface area (Å²) in [5.41, 5.74) is 2.18. The highest BCUT2D eigenvalue weighted by Crippen LogP contribution is 2.38. The van der Waals surface area contributed by atoms with Crippen LogP contribution in [-0.2, 0) is 5.75 Å². The first-order valence-corrected chi connectivity index (χ1v) is 9.99. The number of rotatable bonds is 5. The van der Waals surface area contributed by atoms with Crippen molar-refractivity contribution in [1.82, 2.24) is 0 Å². The van der Waals surface area contributed by atoms with Crippen LogP contribution in [0.25, 0.3) is 10.8 Å². The van der Waals surface area contributed by atoms with Gasteiger partial charge in [0.25, 0.3) is 5.91 Å². The van der Waals surface area contributed by atoms with Crippen LogP contribution in [-0.4, -0.2) is 11.0 Å². The van der Waals surface area contributed by atoms with Gasteiger partial charge in [-0.25, -0.2) is 0 Å². The molecule has 0 fully saturated rings. The Morgan fingerprint density at radius 2 is 1.43 bits per heavy atom. The standard InChI is InChI=1S/C24H19NO2S/c26-23-20-14-8-7-13-19(20)22(28-16-17-9-3-1-4-10-17)15-21(23)24(27)25-18-11-5-2-6-12-18/h1-15,26H,16H2,(H,25,27). The Hall–Kier alpha value is -3.24. The molecule has 3 nitrogen and oxygen atoms in total. The van der Waals surface area contributed by atoms with Crippen LogP contribution in [0.15, 0.2) is 95.9 Å². The normalized spacial score (nSPS) is 10.7. The van der Waals surface area contributed by atoms with Crippen LogP contribution in [0.1, 0.15) is 15.9 Å². The van der Waals surface area contributed by atoms with Gasteiger partial charge in [-0.05, 0) is 29.1 Å². The number of hydrogen-bond donors (Lipinski definition) is 2. The van der Waals surface area contributed by atoms with E-state index in [-0.39, 0.29) is 17.2 Å². The van der Waals surface area contributed by atoms with E-state index >= 15 is 0 Å². The number of carbonyl (C=O) groups is 1. The zero-order valence-corrected chi connectivity index (χ0v) is 15.9. The van der Waals surface area contributed by atoms with E-state index < -0.39 is 0 Å². The zero-order chi connectivity index (χ0) is 19.3. The molecular weight excluding hydrogens is 366 g/mol. The van der Waals surface area contributed by atoms with E-state index in [4.69, 9.17) is 0 Å². The second kappa shape index (κ2) is 8.19. The minimum Gasteiger partial charge on any atom is -0.506 e. The second-order valence-electron chi connectivity index (χ2n) is 6.41. The Kier molecular flexibility index (Phi) is 5.31. The fourth-order valence-corrected chi connectivity index (χ4v) is 4.12. The van der Waals surface area contributed by atoms with E-state index in [1.807, 2.05) is 72.8 Å². The molecule has 0 heterocycles. The fraction of sp³-hybridized carbons (Fsp3) is 0.0417. The van der Waals surface area contributed by atoms with Crippen LogP contribution in [0.4, 0.5) is 5.69 Å². The number of para-hydroxylation sites is 1. The maximum Gasteiger partial charge on any atom is 0.259 e. The molecule has 1 amide bonds. The number of nitrogens with one attached hydrogen (secondary N) is 1. The lowest BCUT2D eigenvalue weighted by molar-refractivity contribution is 0.102. The number of phenols is 1. The number of anilines is 1. The summed E-state index contributed by atoms with van der Waals surface area (Å²) in [6.07, 6.45) is 0. The number of carbonyl (C=O) groups excluding carboxylic acids is 1. The van der Waals surface area contributed by atoms with Crippen molar-refractivity contribution < 1.29 is 9.90 Å². The molecule has 0 unspecified atom stereocenters. The van der Waals surface area contributed by atoms with Crippen molar-refractivity contribution in [1.29, 1.82) is 0 Å². The minimum atomic E-state index is -0.323. The topological polar surface area (TPSA) is 49.3 Å². The van der Waals surface area contributed by atoms with Gasteiger partial charge in [0.05, 0.1) is 5.56 Å². The predicted octanol–water partition coefficient (Wildman–Crippen LogP) is 6.09. The molecule has 0 aliphatic carbocycles.